The number of aliphatic hydroxyl groups excluding tert-OH is 1. The van der Waals surface area contributed by atoms with Crippen molar-refractivity contribution >= 4 is 35.1 Å². The Labute approximate surface area is 253 Å². The van der Waals surface area contributed by atoms with Crippen LogP contribution >= 0.6 is 11.8 Å². The highest BCUT2D eigenvalue weighted by Gasteiger charge is 2.54. The summed E-state index contributed by atoms with van der Waals surface area (Å²) < 4.78 is 6.21. The number of pyridine rings is 1. The van der Waals surface area contributed by atoms with E-state index < -0.39 is 23.5 Å². The van der Waals surface area contributed by atoms with E-state index in [1.807, 2.05) is 91.0 Å². The zero-order valence-electron chi connectivity index (χ0n) is 23.1. The van der Waals surface area contributed by atoms with Crippen molar-refractivity contribution in [2.75, 3.05) is 5.75 Å². The van der Waals surface area contributed by atoms with Crippen molar-refractivity contribution in [2.24, 2.45) is 0 Å². The zero-order chi connectivity index (χ0) is 29.8. The van der Waals surface area contributed by atoms with E-state index in [1.165, 1.54) is 16.7 Å². The number of nitrogens with zero attached hydrogens (tertiary/aromatic N) is 2. The predicted octanol–water partition coefficient (Wildman–Crippen LogP) is 4.26. The summed E-state index contributed by atoms with van der Waals surface area (Å²) in [6, 6.07) is 30.9. The summed E-state index contributed by atoms with van der Waals surface area (Å²) in [7, 11) is 0. The molecule has 2 atom stereocenters. The van der Waals surface area contributed by atoms with Gasteiger partial charge in [0.25, 0.3) is 5.91 Å². The van der Waals surface area contributed by atoms with Gasteiger partial charge in [-0.25, -0.2) is 4.79 Å². The summed E-state index contributed by atoms with van der Waals surface area (Å²) in [5, 5.41) is 11.9. The number of carbonyl (C=O) groups excluding carboxylic acids is 3. The normalized spacial score (nSPS) is 17.7. The highest BCUT2D eigenvalue weighted by atomic mass is 32.2. The minimum Gasteiger partial charge on any atom is -0.448 e. The molecule has 3 heterocycles. The monoisotopic (exact) mass is 591 g/mol. The number of esters is 1. The third-order valence-electron chi connectivity index (χ3n) is 7.45. The number of aliphatic hydroxyl groups is 1. The second kappa shape index (κ2) is 12.6. The van der Waals surface area contributed by atoms with Crippen LogP contribution < -0.4 is 5.32 Å². The van der Waals surface area contributed by atoms with Gasteiger partial charge in [0.1, 0.15) is 17.1 Å². The van der Waals surface area contributed by atoms with Crippen molar-refractivity contribution in [3.8, 4) is 0 Å². The van der Waals surface area contributed by atoms with Crippen molar-refractivity contribution in [2.45, 2.75) is 30.5 Å². The third-order valence-corrected chi connectivity index (χ3v) is 8.73. The summed E-state index contributed by atoms with van der Waals surface area (Å²) in [4.78, 5) is 46.3. The van der Waals surface area contributed by atoms with Gasteiger partial charge in [0.15, 0.2) is 6.10 Å². The van der Waals surface area contributed by atoms with Crippen molar-refractivity contribution in [1.82, 2.24) is 15.2 Å². The average Bonchev–Trinajstić information content (AvgIpc) is 3.06. The van der Waals surface area contributed by atoms with Crippen LogP contribution in [-0.2, 0) is 32.1 Å². The molecule has 3 aromatic carbocycles. The first-order valence-corrected chi connectivity index (χ1v) is 15.0. The fourth-order valence-corrected chi connectivity index (χ4v) is 6.65. The molecular weight excluding hydrogens is 562 g/mol. The van der Waals surface area contributed by atoms with E-state index in [-0.39, 0.29) is 30.5 Å². The quantitative estimate of drug-likeness (QED) is 0.221. The molecule has 0 saturated carbocycles. The Morgan fingerprint density at radius 1 is 0.930 bits per heavy atom. The number of aromatic nitrogens is 1. The third kappa shape index (κ3) is 5.95. The smallest absolute Gasteiger partial charge is 0.356 e. The highest BCUT2D eigenvalue weighted by Crippen LogP contribution is 2.44. The molecule has 2 N–H and O–H groups in total. The molecule has 0 spiro atoms. The maximum Gasteiger partial charge on any atom is 0.356 e. The lowest BCUT2D eigenvalue weighted by molar-refractivity contribution is -0.154. The van der Waals surface area contributed by atoms with Gasteiger partial charge in [-0.3, -0.25) is 19.5 Å². The Bertz CT molecular complexity index is 1610. The lowest BCUT2D eigenvalue weighted by Crippen LogP contribution is -2.70. The second-order valence-electron chi connectivity index (χ2n) is 10.2. The van der Waals surface area contributed by atoms with Crippen LogP contribution in [0.1, 0.15) is 34.1 Å². The molecule has 1 saturated heterocycles. The van der Waals surface area contributed by atoms with Gasteiger partial charge in [-0.1, -0.05) is 97.1 Å². The maximum atomic E-state index is 14.1. The fourth-order valence-electron chi connectivity index (χ4n) is 5.28. The van der Waals surface area contributed by atoms with Crippen LogP contribution in [0.25, 0.3) is 5.57 Å². The van der Waals surface area contributed by atoms with Crippen LogP contribution in [0.2, 0.25) is 0 Å². The predicted molar refractivity (Wildman–Crippen MR) is 163 cm³/mol. The molecule has 0 unspecified atom stereocenters. The largest absolute Gasteiger partial charge is 0.448 e. The minimum atomic E-state index is -0.764. The number of hydrogen-bond acceptors (Lipinski definition) is 7. The van der Waals surface area contributed by atoms with Gasteiger partial charge < -0.3 is 15.2 Å². The molecule has 0 radical (unpaired) electrons. The molecule has 43 heavy (non-hydrogen) atoms. The Kier molecular flexibility index (Phi) is 8.35. The number of fused-ring (bicyclic) bond motifs is 1. The van der Waals surface area contributed by atoms with Gasteiger partial charge in [0.2, 0.25) is 5.91 Å². The fraction of sp³-hybridized carbons (Fsp3) is 0.176. The number of amides is 2. The van der Waals surface area contributed by atoms with E-state index in [2.05, 4.69) is 10.3 Å². The van der Waals surface area contributed by atoms with E-state index in [0.717, 1.165) is 16.7 Å². The van der Waals surface area contributed by atoms with Crippen molar-refractivity contribution in [3.05, 3.63) is 143 Å². The summed E-state index contributed by atoms with van der Waals surface area (Å²) in [6.45, 7) is -0.212. The lowest BCUT2D eigenvalue weighted by Gasteiger charge is -2.50. The molecule has 1 aromatic heterocycles. The standard InChI is InChI=1S/C34H29N3O5S/c38-20-26-17-16-25(19-35-26)27-21-43-33-29(36-28(39)18-22-10-4-1-5-11-22)32(40)37(33)30(27)34(41)42-31(23-12-6-2-7-13-23)24-14-8-3-9-15-24/h1-17,19,29,31,33,38H,18,20-21H2,(H,36,39)/t29-,33-/m1/s1. The topological polar surface area (TPSA) is 109 Å². The molecule has 2 aliphatic rings. The maximum absolute atomic E-state index is 14.1. The summed E-state index contributed by atoms with van der Waals surface area (Å²) >= 11 is 1.47. The van der Waals surface area contributed by atoms with Crippen LogP contribution in [0.4, 0.5) is 0 Å². The first-order chi connectivity index (χ1) is 21.0. The molecule has 9 heteroatoms. The van der Waals surface area contributed by atoms with Crippen LogP contribution in [0, 0.1) is 0 Å². The Hall–Kier alpha value is -4.73. The molecule has 2 amide bonds. The van der Waals surface area contributed by atoms with E-state index in [9.17, 15) is 19.5 Å². The van der Waals surface area contributed by atoms with Crippen molar-refractivity contribution in [3.63, 3.8) is 0 Å². The van der Waals surface area contributed by atoms with E-state index in [4.69, 9.17) is 4.74 Å². The van der Waals surface area contributed by atoms with Gasteiger partial charge in [-0.2, -0.15) is 0 Å². The highest BCUT2D eigenvalue weighted by molar-refractivity contribution is 8.00. The molecule has 8 nitrogen and oxygen atoms in total. The van der Waals surface area contributed by atoms with Crippen molar-refractivity contribution in [1.29, 1.82) is 0 Å². The van der Waals surface area contributed by atoms with Gasteiger partial charge >= 0.3 is 5.97 Å². The number of benzene rings is 3. The molecule has 0 aliphatic carbocycles. The number of carbonyl (C=O) groups is 3. The Balaban J connectivity index is 1.32. The molecule has 216 valence electrons. The van der Waals surface area contributed by atoms with Gasteiger partial charge in [0.05, 0.1) is 18.7 Å². The minimum absolute atomic E-state index is 0.137. The number of thioether (sulfide) groups is 1. The zero-order valence-corrected chi connectivity index (χ0v) is 23.9. The number of β-lactam (4-membered cyclic amide) rings is 1. The van der Waals surface area contributed by atoms with Crippen LogP contribution in [0.5, 0.6) is 0 Å². The van der Waals surface area contributed by atoms with E-state index in [1.54, 1.807) is 18.3 Å². The molecule has 0 bridgehead atoms. The molecule has 2 aliphatic heterocycles. The molecular formula is C34H29N3O5S. The van der Waals surface area contributed by atoms with Gasteiger partial charge in [0, 0.05) is 17.5 Å². The summed E-state index contributed by atoms with van der Waals surface area (Å²) in [5.74, 6) is -0.892. The summed E-state index contributed by atoms with van der Waals surface area (Å²) in [5.41, 5.74) is 4.31. The van der Waals surface area contributed by atoms with Crippen LogP contribution in [0.15, 0.2) is 115 Å². The van der Waals surface area contributed by atoms with Gasteiger partial charge in [-0.05, 0) is 28.3 Å². The number of ether oxygens (including phenoxy) is 1. The van der Waals surface area contributed by atoms with E-state index in [0.29, 0.717) is 22.6 Å². The first kappa shape index (κ1) is 28.4. The Morgan fingerprint density at radius 2 is 1.56 bits per heavy atom. The van der Waals surface area contributed by atoms with Gasteiger partial charge in [-0.15, -0.1) is 11.8 Å². The first-order valence-electron chi connectivity index (χ1n) is 13.9. The number of hydrogen-bond donors (Lipinski definition) is 2. The molecule has 1 fully saturated rings. The number of rotatable bonds is 9. The average molecular weight is 592 g/mol. The van der Waals surface area contributed by atoms with E-state index >= 15 is 0 Å². The van der Waals surface area contributed by atoms with Crippen molar-refractivity contribution < 1.29 is 24.2 Å². The van der Waals surface area contributed by atoms with Crippen LogP contribution in [0.3, 0.4) is 0 Å². The molecule has 4 aromatic rings. The SMILES string of the molecule is O=C(Cc1ccccc1)N[C@@H]1C(=O)N2C(C(=O)OC(c3ccccc3)c3ccccc3)=C(c3ccc(CO)nc3)CS[C@H]12. The van der Waals surface area contributed by atoms with Crippen LogP contribution in [-0.4, -0.2) is 49.9 Å². The Morgan fingerprint density at radius 3 is 2.14 bits per heavy atom. The molecule has 6 rings (SSSR count). The lowest BCUT2D eigenvalue weighted by atomic mass is 9.98. The summed E-state index contributed by atoms with van der Waals surface area (Å²) in [6.07, 6.45) is 1.03. The number of nitrogens with one attached hydrogen (secondary N) is 1. The second-order valence-corrected chi connectivity index (χ2v) is 11.4.